The van der Waals surface area contributed by atoms with Crippen LogP contribution in [0.2, 0.25) is 0 Å². The van der Waals surface area contributed by atoms with E-state index in [1.165, 1.54) is 0 Å². The number of rotatable bonds is 7. The number of nitrogens with one attached hydrogen (secondary N) is 1. The van der Waals surface area contributed by atoms with Crippen molar-refractivity contribution in [3.8, 4) is 0 Å². The fraction of sp³-hybridized carbons (Fsp3) is 0.316. The van der Waals surface area contributed by atoms with Gasteiger partial charge in [0, 0.05) is 6.54 Å². The Balaban J connectivity index is 1.84. The second-order valence-electron chi connectivity index (χ2n) is 5.80. The van der Waals surface area contributed by atoms with E-state index in [0.717, 1.165) is 11.1 Å². The van der Waals surface area contributed by atoms with Crippen molar-refractivity contribution in [2.45, 2.75) is 32.3 Å². The number of hydrogen-bond donors (Lipinski definition) is 4. The van der Waals surface area contributed by atoms with E-state index >= 15 is 0 Å². The maximum atomic E-state index is 11.7. The third-order valence-corrected chi connectivity index (χ3v) is 3.88. The molecule has 6 nitrogen and oxygen atoms in total. The summed E-state index contributed by atoms with van der Waals surface area (Å²) in [5.41, 5.74) is 2.80. The molecular weight excluding hydrogens is 322 g/mol. The number of carbonyl (C=O) groups is 1. The van der Waals surface area contributed by atoms with Crippen LogP contribution >= 0.6 is 0 Å². The number of carbonyl (C=O) groups excluding carboxylic acids is 1. The van der Waals surface area contributed by atoms with Gasteiger partial charge in [-0.05, 0) is 29.2 Å². The van der Waals surface area contributed by atoms with Crippen molar-refractivity contribution in [2.24, 2.45) is 0 Å². The number of aryl methyl sites for hydroxylation is 1. The van der Waals surface area contributed by atoms with Crippen molar-refractivity contribution in [1.29, 1.82) is 0 Å². The highest BCUT2D eigenvalue weighted by Crippen LogP contribution is 2.22. The van der Waals surface area contributed by atoms with E-state index < -0.39 is 18.3 Å². The van der Waals surface area contributed by atoms with Crippen LogP contribution in [0.15, 0.2) is 48.5 Å². The van der Waals surface area contributed by atoms with Crippen LogP contribution in [0, 0.1) is 6.92 Å². The average molecular weight is 345 g/mol. The van der Waals surface area contributed by atoms with Gasteiger partial charge in [0.2, 0.25) is 0 Å². The SMILES string of the molecule is Cc1ccc(CO)cc1C(O)C(O)CNC(=O)OCc1ccccc1. The molecule has 134 valence electrons. The summed E-state index contributed by atoms with van der Waals surface area (Å²) in [4.78, 5) is 11.7. The molecular formula is C19H23NO5. The van der Waals surface area contributed by atoms with Crippen molar-refractivity contribution >= 4 is 6.09 Å². The highest BCUT2D eigenvalue weighted by molar-refractivity contribution is 5.67. The molecule has 2 atom stereocenters. The Morgan fingerprint density at radius 2 is 1.84 bits per heavy atom. The third-order valence-electron chi connectivity index (χ3n) is 3.88. The van der Waals surface area contributed by atoms with Crippen molar-refractivity contribution in [2.75, 3.05) is 6.54 Å². The summed E-state index contributed by atoms with van der Waals surface area (Å²) >= 11 is 0. The van der Waals surface area contributed by atoms with Crippen molar-refractivity contribution < 1.29 is 24.9 Å². The molecule has 0 spiro atoms. The topological polar surface area (TPSA) is 99.0 Å². The highest BCUT2D eigenvalue weighted by Gasteiger charge is 2.21. The monoisotopic (exact) mass is 345 g/mol. The van der Waals surface area contributed by atoms with Crippen LogP contribution in [0.5, 0.6) is 0 Å². The molecule has 0 aromatic heterocycles. The summed E-state index contributed by atoms with van der Waals surface area (Å²) in [6, 6.07) is 14.4. The fourth-order valence-corrected chi connectivity index (χ4v) is 2.39. The molecule has 6 heteroatoms. The Hall–Kier alpha value is -2.41. The van der Waals surface area contributed by atoms with Gasteiger partial charge in [0.25, 0.3) is 0 Å². The van der Waals surface area contributed by atoms with E-state index in [4.69, 9.17) is 4.74 Å². The Labute approximate surface area is 146 Å². The molecule has 2 unspecified atom stereocenters. The minimum Gasteiger partial charge on any atom is -0.445 e. The average Bonchev–Trinajstić information content (AvgIpc) is 2.65. The minimum atomic E-state index is -1.20. The summed E-state index contributed by atoms with van der Waals surface area (Å²) in [6.45, 7) is 1.62. The lowest BCUT2D eigenvalue weighted by Crippen LogP contribution is -2.36. The molecule has 4 N–H and O–H groups in total. The van der Waals surface area contributed by atoms with Gasteiger partial charge in [-0.25, -0.2) is 4.79 Å². The van der Waals surface area contributed by atoms with E-state index in [9.17, 15) is 20.1 Å². The van der Waals surface area contributed by atoms with E-state index in [2.05, 4.69) is 5.32 Å². The van der Waals surface area contributed by atoms with Gasteiger partial charge in [-0.2, -0.15) is 0 Å². The van der Waals surface area contributed by atoms with E-state index in [0.29, 0.717) is 11.1 Å². The Kier molecular flexibility index (Phi) is 6.94. The van der Waals surface area contributed by atoms with Crippen LogP contribution in [-0.2, 0) is 18.0 Å². The molecule has 1 amide bonds. The normalized spacial score (nSPS) is 13.1. The molecule has 2 rings (SSSR count). The smallest absolute Gasteiger partial charge is 0.407 e. The van der Waals surface area contributed by atoms with Gasteiger partial charge in [0.1, 0.15) is 18.8 Å². The minimum absolute atomic E-state index is 0.128. The molecule has 0 aliphatic rings. The Bertz CT molecular complexity index is 689. The molecule has 0 bridgehead atoms. The Morgan fingerprint density at radius 3 is 2.52 bits per heavy atom. The largest absolute Gasteiger partial charge is 0.445 e. The number of aliphatic hydroxyl groups is 3. The molecule has 2 aromatic rings. The van der Waals surface area contributed by atoms with Gasteiger partial charge in [-0.3, -0.25) is 0 Å². The van der Waals surface area contributed by atoms with Gasteiger partial charge < -0.3 is 25.4 Å². The Morgan fingerprint density at radius 1 is 1.12 bits per heavy atom. The van der Waals surface area contributed by atoms with Gasteiger partial charge in [-0.1, -0.05) is 48.5 Å². The van der Waals surface area contributed by atoms with Gasteiger partial charge in [0.05, 0.1) is 6.61 Å². The predicted octanol–water partition coefficient (Wildman–Crippen LogP) is 1.81. The van der Waals surface area contributed by atoms with Crippen molar-refractivity contribution in [3.63, 3.8) is 0 Å². The van der Waals surface area contributed by atoms with E-state index in [1.807, 2.05) is 30.3 Å². The zero-order valence-corrected chi connectivity index (χ0v) is 14.1. The molecule has 25 heavy (non-hydrogen) atoms. The molecule has 0 radical (unpaired) electrons. The van der Waals surface area contributed by atoms with Crippen LogP contribution in [0.1, 0.15) is 28.4 Å². The summed E-state index contributed by atoms with van der Waals surface area (Å²) in [5.74, 6) is 0. The van der Waals surface area contributed by atoms with E-state index in [-0.39, 0.29) is 19.8 Å². The number of aliphatic hydroxyl groups excluding tert-OH is 3. The molecule has 0 heterocycles. The maximum Gasteiger partial charge on any atom is 0.407 e. The summed E-state index contributed by atoms with van der Waals surface area (Å²) in [6.07, 6.45) is -3.05. The summed E-state index contributed by atoms with van der Waals surface area (Å²) in [7, 11) is 0. The molecule has 0 saturated carbocycles. The number of amides is 1. The van der Waals surface area contributed by atoms with Gasteiger partial charge in [-0.15, -0.1) is 0 Å². The molecule has 0 fully saturated rings. The van der Waals surface area contributed by atoms with Crippen molar-refractivity contribution in [3.05, 3.63) is 70.8 Å². The number of benzene rings is 2. The first-order chi connectivity index (χ1) is 12.0. The van der Waals surface area contributed by atoms with E-state index in [1.54, 1.807) is 25.1 Å². The molecule has 0 saturated heterocycles. The number of hydrogen-bond acceptors (Lipinski definition) is 5. The van der Waals surface area contributed by atoms with Crippen LogP contribution in [0.25, 0.3) is 0 Å². The fourth-order valence-electron chi connectivity index (χ4n) is 2.39. The first kappa shape index (κ1) is 18.9. The second-order valence-corrected chi connectivity index (χ2v) is 5.80. The quantitative estimate of drug-likeness (QED) is 0.613. The third kappa shape index (κ3) is 5.56. The van der Waals surface area contributed by atoms with Gasteiger partial charge in [0.15, 0.2) is 0 Å². The molecule has 2 aromatic carbocycles. The lowest BCUT2D eigenvalue weighted by Gasteiger charge is -2.21. The number of ether oxygens (including phenoxy) is 1. The summed E-state index contributed by atoms with van der Waals surface area (Å²) < 4.78 is 5.05. The van der Waals surface area contributed by atoms with Crippen LogP contribution in [0.3, 0.4) is 0 Å². The lowest BCUT2D eigenvalue weighted by atomic mass is 9.97. The zero-order valence-electron chi connectivity index (χ0n) is 14.1. The maximum absolute atomic E-state index is 11.7. The van der Waals surface area contributed by atoms with Crippen LogP contribution < -0.4 is 5.32 Å². The highest BCUT2D eigenvalue weighted by atomic mass is 16.5. The standard InChI is InChI=1S/C19H23NO5/c1-13-7-8-15(11-21)9-16(13)18(23)17(22)10-20-19(24)25-12-14-5-3-2-4-6-14/h2-9,17-18,21-23H,10-12H2,1H3,(H,20,24). The summed E-state index contributed by atoms with van der Waals surface area (Å²) in [5, 5.41) is 32.0. The molecule has 0 aliphatic heterocycles. The van der Waals surface area contributed by atoms with Crippen LogP contribution in [-0.4, -0.2) is 34.1 Å². The zero-order chi connectivity index (χ0) is 18.2. The first-order valence-electron chi connectivity index (χ1n) is 8.02. The lowest BCUT2D eigenvalue weighted by molar-refractivity contribution is 0.0179. The van der Waals surface area contributed by atoms with Crippen molar-refractivity contribution in [1.82, 2.24) is 5.32 Å². The predicted molar refractivity (Wildman–Crippen MR) is 92.7 cm³/mol. The first-order valence-corrected chi connectivity index (χ1v) is 8.02. The van der Waals surface area contributed by atoms with Gasteiger partial charge >= 0.3 is 6.09 Å². The van der Waals surface area contributed by atoms with Crippen LogP contribution in [0.4, 0.5) is 4.79 Å². The second kappa shape index (κ2) is 9.17. The molecule has 0 aliphatic carbocycles. The number of alkyl carbamates (subject to hydrolysis) is 1.